The minimum absolute atomic E-state index is 0.625. The molecule has 0 unspecified atom stereocenters. The van der Waals surface area contributed by atoms with Crippen LogP contribution in [-0.4, -0.2) is 14.7 Å². The van der Waals surface area contributed by atoms with Crippen LogP contribution in [0.3, 0.4) is 0 Å². The van der Waals surface area contributed by atoms with Crippen LogP contribution in [0.25, 0.3) is 0 Å². The van der Waals surface area contributed by atoms with Gasteiger partial charge >= 0.3 is 0 Å². The second kappa shape index (κ2) is 6.58. The van der Waals surface area contributed by atoms with Gasteiger partial charge in [0.1, 0.15) is 5.75 Å². The van der Waals surface area contributed by atoms with Gasteiger partial charge < -0.3 is 9.18 Å². The topological polar surface area (TPSA) is 18.5 Å². The Labute approximate surface area is 110 Å². The summed E-state index contributed by atoms with van der Waals surface area (Å²) in [5, 5.41) is 2.07. The van der Waals surface area contributed by atoms with Crippen LogP contribution in [0.2, 0.25) is 0 Å². The molecule has 2 aromatic carbocycles. The van der Waals surface area contributed by atoms with Crippen molar-refractivity contribution < 1.29 is 9.18 Å². The van der Waals surface area contributed by atoms with Crippen LogP contribution in [-0.2, 0) is 4.44 Å². The molecular weight excluding hydrogens is 242 g/mol. The summed E-state index contributed by atoms with van der Waals surface area (Å²) in [6.07, 6.45) is 0. The predicted octanol–water partition coefficient (Wildman–Crippen LogP) is 2.53. The minimum Gasteiger partial charge on any atom is -0.493 e. The molecule has 0 spiro atoms. The molecule has 4 heteroatoms. The maximum atomic E-state index is 5.62. The molecule has 0 amide bonds. The van der Waals surface area contributed by atoms with Crippen molar-refractivity contribution in [3.05, 3.63) is 54.6 Å². The summed E-state index contributed by atoms with van der Waals surface area (Å²) in [7, 11) is 4.45. The second-order valence-corrected chi connectivity index (χ2v) is 5.43. The van der Waals surface area contributed by atoms with Gasteiger partial charge in [0.15, 0.2) is 0 Å². The van der Waals surface area contributed by atoms with Gasteiger partial charge in [0.25, 0.3) is 8.05 Å². The first-order valence-corrected chi connectivity index (χ1v) is 7.06. The van der Waals surface area contributed by atoms with E-state index < -0.39 is 8.15 Å². The molecule has 2 nitrogen and oxygen atoms in total. The van der Waals surface area contributed by atoms with Crippen molar-refractivity contribution in [2.75, 3.05) is 6.61 Å². The molecule has 2 radical (unpaired) electrons. The monoisotopic (exact) mass is 256 g/mol. The van der Waals surface area contributed by atoms with Gasteiger partial charge in [-0.25, -0.2) is 0 Å². The first-order chi connectivity index (χ1) is 8.86. The van der Waals surface area contributed by atoms with Crippen molar-refractivity contribution >= 4 is 26.8 Å². The summed E-state index contributed by atoms with van der Waals surface area (Å²) >= 11 is 0. The smallest absolute Gasteiger partial charge is 0.289 e. The molecule has 0 saturated carbocycles. The Balaban J connectivity index is 2.39. The summed E-state index contributed by atoms with van der Waals surface area (Å²) in [5.74, 6) is 0.834. The number of benzene rings is 2. The average molecular weight is 256 g/mol. The van der Waals surface area contributed by atoms with E-state index in [0.29, 0.717) is 6.61 Å². The van der Waals surface area contributed by atoms with E-state index in [0.717, 1.165) is 16.4 Å². The zero-order valence-electron chi connectivity index (χ0n) is 10.2. The average Bonchev–Trinajstić information content (AvgIpc) is 2.43. The van der Waals surface area contributed by atoms with Crippen molar-refractivity contribution in [3.63, 3.8) is 0 Å². The molecule has 0 N–H and O–H groups in total. The van der Waals surface area contributed by atoms with Crippen molar-refractivity contribution in [2.45, 2.75) is 6.92 Å². The SMILES string of the molecule is [B]O[P@](c1ccccc1)c1ccccc1OCC. The van der Waals surface area contributed by atoms with Crippen LogP contribution in [0.4, 0.5) is 0 Å². The van der Waals surface area contributed by atoms with Gasteiger partial charge in [-0.15, -0.1) is 0 Å². The molecule has 1 atom stereocenters. The number of hydrogen-bond acceptors (Lipinski definition) is 2. The van der Waals surface area contributed by atoms with E-state index in [1.807, 2.05) is 61.5 Å². The highest BCUT2D eigenvalue weighted by molar-refractivity contribution is 7.69. The van der Waals surface area contributed by atoms with Gasteiger partial charge in [-0.3, -0.25) is 0 Å². The molecule has 0 heterocycles. The highest BCUT2D eigenvalue weighted by Gasteiger charge is 2.16. The molecule has 2 rings (SSSR count). The van der Waals surface area contributed by atoms with E-state index in [-0.39, 0.29) is 0 Å². The van der Waals surface area contributed by atoms with E-state index in [9.17, 15) is 0 Å². The van der Waals surface area contributed by atoms with Crippen LogP contribution in [0, 0.1) is 0 Å². The lowest BCUT2D eigenvalue weighted by molar-refractivity contribution is 0.343. The number of rotatable bonds is 5. The lowest BCUT2D eigenvalue weighted by atomic mass is 10.3. The van der Waals surface area contributed by atoms with Crippen molar-refractivity contribution in [1.82, 2.24) is 0 Å². The molecular formula is C14H14BO2P. The highest BCUT2D eigenvalue weighted by Crippen LogP contribution is 2.36. The molecule has 0 bridgehead atoms. The van der Waals surface area contributed by atoms with Crippen LogP contribution in [0.15, 0.2) is 54.6 Å². The highest BCUT2D eigenvalue weighted by atomic mass is 31.1. The van der Waals surface area contributed by atoms with E-state index in [1.165, 1.54) is 0 Å². The Bertz CT molecular complexity index is 490. The molecule has 0 aliphatic heterocycles. The Kier molecular flexibility index (Phi) is 4.80. The van der Waals surface area contributed by atoms with Gasteiger partial charge in [-0.05, 0) is 19.1 Å². The summed E-state index contributed by atoms with van der Waals surface area (Å²) in [6.45, 7) is 2.59. The Morgan fingerprint density at radius 1 is 1.00 bits per heavy atom. The molecule has 0 fully saturated rings. The third-order valence-electron chi connectivity index (χ3n) is 2.48. The van der Waals surface area contributed by atoms with Crippen molar-refractivity contribution in [3.8, 4) is 5.75 Å². The maximum Gasteiger partial charge on any atom is 0.289 e. The van der Waals surface area contributed by atoms with E-state index in [1.54, 1.807) is 0 Å². The molecule has 0 aromatic heterocycles. The van der Waals surface area contributed by atoms with Gasteiger partial charge in [0.05, 0.1) is 14.8 Å². The molecule has 18 heavy (non-hydrogen) atoms. The summed E-state index contributed by atoms with van der Waals surface area (Å²) < 4.78 is 10.8. The minimum atomic E-state index is -1.03. The van der Waals surface area contributed by atoms with Gasteiger partial charge in [-0.2, -0.15) is 0 Å². The van der Waals surface area contributed by atoms with E-state index in [2.05, 4.69) is 0 Å². The summed E-state index contributed by atoms with van der Waals surface area (Å²) in [5.41, 5.74) is 0. The molecule has 0 aliphatic carbocycles. The molecule has 2 aromatic rings. The van der Waals surface area contributed by atoms with Crippen LogP contribution >= 0.6 is 8.15 Å². The van der Waals surface area contributed by atoms with Crippen molar-refractivity contribution in [2.24, 2.45) is 0 Å². The Morgan fingerprint density at radius 3 is 2.33 bits per heavy atom. The molecule has 0 saturated heterocycles. The van der Waals surface area contributed by atoms with Crippen molar-refractivity contribution in [1.29, 1.82) is 0 Å². The number of hydrogen-bond donors (Lipinski definition) is 0. The number of para-hydroxylation sites is 1. The maximum absolute atomic E-state index is 5.62. The quantitative estimate of drug-likeness (QED) is 0.604. The zero-order chi connectivity index (χ0) is 12.8. The van der Waals surface area contributed by atoms with E-state index in [4.69, 9.17) is 17.2 Å². The summed E-state index contributed by atoms with van der Waals surface area (Å²) in [6, 6.07) is 17.8. The first-order valence-electron chi connectivity index (χ1n) is 5.80. The fourth-order valence-electron chi connectivity index (χ4n) is 1.72. The van der Waals surface area contributed by atoms with Gasteiger partial charge in [0.2, 0.25) is 0 Å². The number of ether oxygens (including phenoxy) is 1. The molecule has 90 valence electrons. The predicted molar refractivity (Wildman–Crippen MR) is 77.1 cm³/mol. The third-order valence-corrected chi connectivity index (χ3v) is 4.27. The summed E-state index contributed by atoms with van der Waals surface area (Å²) in [4.78, 5) is 0. The normalized spacial score (nSPS) is 12.1. The zero-order valence-corrected chi connectivity index (χ0v) is 11.1. The Hall–Kier alpha value is -1.31. The first kappa shape index (κ1) is 13.1. The fraction of sp³-hybridized carbons (Fsp3) is 0.143. The molecule has 0 aliphatic rings. The lowest BCUT2D eigenvalue weighted by Gasteiger charge is -2.19. The standard InChI is InChI=1S/C14H14BO2P/c1-2-16-13-10-6-7-11-14(13)18(17-15)12-8-4-3-5-9-12/h3-11H,2H2,1H3/t18-/m1/s1. The van der Waals surface area contributed by atoms with Gasteiger partial charge in [0, 0.05) is 10.6 Å². The van der Waals surface area contributed by atoms with Gasteiger partial charge in [-0.1, -0.05) is 42.5 Å². The van der Waals surface area contributed by atoms with Crippen LogP contribution in [0.5, 0.6) is 5.75 Å². The third kappa shape index (κ3) is 2.93. The van der Waals surface area contributed by atoms with E-state index >= 15 is 0 Å². The van der Waals surface area contributed by atoms with Crippen LogP contribution in [0.1, 0.15) is 6.92 Å². The largest absolute Gasteiger partial charge is 0.493 e. The fourth-order valence-corrected chi connectivity index (χ4v) is 3.24. The second-order valence-electron chi connectivity index (χ2n) is 3.64. The Morgan fingerprint density at radius 2 is 1.67 bits per heavy atom. The van der Waals surface area contributed by atoms with Crippen LogP contribution < -0.4 is 15.3 Å². The lowest BCUT2D eigenvalue weighted by Crippen LogP contribution is -2.15.